The molecule has 3 N–H and O–H groups in total. The number of carboxylic acids is 1. The zero-order chi connectivity index (χ0) is 33.5. The third-order valence-corrected chi connectivity index (χ3v) is 8.36. The first-order chi connectivity index (χ1) is 22.6. The molecule has 0 fully saturated rings. The van der Waals surface area contributed by atoms with E-state index in [4.69, 9.17) is 61.2 Å². The van der Waals surface area contributed by atoms with Crippen LogP contribution in [0.5, 0.6) is 11.5 Å². The van der Waals surface area contributed by atoms with Crippen LogP contribution in [0.2, 0.25) is 20.1 Å². The average molecular weight is 712 g/mol. The number of nitrogens with zero attached hydrogens (tertiary/aromatic N) is 2. The van der Waals surface area contributed by atoms with Crippen LogP contribution in [0, 0.1) is 0 Å². The lowest BCUT2D eigenvalue weighted by Crippen LogP contribution is -2.35. The highest BCUT2D eigenvalue weighted by Crippen LogP contribution is 2.32. The molecule has 1 aromatic heterocycles. The zero-order valence-corrected chi connectivity index (χ0v) is 28.2. The maximum Gasteiger partial charge on any atom is 0.335 e. The highest BCUT2D eigenvalue weighted by molar-refractivity contribution is 6.37. The number of halogens is 4. The summed E-state index contributed by atoms with van der Waals surface area (Å²) in [5.41, 5.74) is 2.87. The molecule has 0 aliphatic rings. The average Bonchev–Trinajstić information content (AvgIpc) is 3.46. The van der Waals surface area contributed by atoms with Crippen LogP contribution in [0.15, 0.2) is 91.1 Å². The van der Waals surface area contributed by atoms with Gasteiger partial charge in [0.1, 0.15) is 17.3 Å². The van der Waals surface area contributed by atoms with Crippen LogP contribution in [0.25, 0.3) is 11.3 Å². The topological polar surface area (TPSA) is 105 Å². The molecule has 0 saturated heterocycles. The second-order valence-electron chi connectivity index (χ2n) is 10.7. The van der Waals surface area contributed by atoms with Crippen molar-refractivity contribution in [3.63, 3.8) is 0 Å². The first kappa shape index (κ1) is 34.1. The molecule has 1 heterocycles. The number of benzene rings is 4. The molecule has 0 saturated carbocycles. The minimum absolute atomic E-state index is 0.174. The molecule has 47 heavy (non-hydrogen) atoms. The third kappa shape index (κ3) is 8.99. The van der Waals surface area contributed by atoms with Gasteiger partial charge in [0.15, 0.2) is 0 Å². The van der Waals surface area contributed by atoms with Crippen LogP contribution < -0.4 is 15.4 Å². The highest BCUT2D eigenvalue weighted by atomic mass is 35.5. The molecule has 12 heteroatoms. The van der Waals surface area contributed by atoms with Crippen molar-refractivity contribution in [2.24, 2.45) is 0 Å². The van der Waals surface area contributed by atoms with Crippen molar-refractivity contribution >= 4 is 64.1 Å². The predicted molar refractivity (Wildman–Crippen MR) is 188 cm³/mol. The number of aromatic nitrogens is 2. The molecule has 0 unspecified atom stereocenters. The highest BCUT2D eigenvalue weighted by Gasteiger charge is 2.24. The molecule has 0 bridgehead atoms. The van der Waals surface area contributed by atoms with Crippen molar-refractivity contribution in [1.29, 1.82) is 0 Å². The Labute approximate surface area is 292 Å². The van der Waals surface area contributed by atoms with Gasteiger partial charge in [-0.15, -0.1) is 0 Å². The lowest BCUT2D eigenvalue weighted by atomic mass is 10.0. The van der Waals surface area contributed by atoms with Gasteiger partial charge in [0.25, 0.3) is 0 Å². The number of carboxylic acid groups (broad SMARTS) is 1. The molecular weight excluding hydrogens is 682 g/mol. The summed E-state index contributed by atoms with van der Waals surface area (Å²) < 4.78 is 7.95. The second kappa shape index (κ2) is 15.6. The SMILES string of the molecule is CCCCn1cc(-c2ccc(Cl)cc2Cl)nc1[C@H](Cc1ccc(Oc2ccc(C(=O)O)cc2)cc1)NC(=O)Nc1ccc(Cl)cc1Cl. The summed E-state index contributed by atoms with van der Waals surface area (Å²) in [6, 6.07) is 22.7. The number of rotatable bonds is 12. The number of imidazole rings is 1. The molecule has 5 aromatic rings. The van der Waals surface area contributed by atoms with Crippen molar-refractivity contribution in [3.8, 4) is 22.8 Å². The van der Waals surface area contributed by atoms with Crippen LogP contribution in [-0.2, 0) is 13.0 Å². The van der Waals surface area contributed by atoms with E-state index in [0.29, 0.717) is 61.8 Å². The molecule has 0 aliphatic heterocycles. The Hall–Kier alpha value is -4.21. The van der Waals surface area contributed by atoms with E-state index in [2.05, 4.69) is 17.6 Å². The summed E-state index contributed by atoms with van der Waals surface area (Å²) in [6.07, 6.45) is 4.19. The number of hydrogen-bond acceptors (Lipinski definition) is 4. The summed E-state index contributed by atoms with van der Waals surface area (Å²) in [5, 5.41) is 16.8. The number of unbranched alkanes of at least 4 members (excludes halogenated alkanes) is 1. The van der Waals surface area contributed by atoms with Gasteiger partial charge in [0.2, 0.25) is 0 Å². The van der Waals surface area contributed by atoms with E-state index in [0.717, 1.165) is 24.0 Å². The van der Waals surface area contributed by atoms with E-state index in [9.17, 15) is 9.59 Å². The normalized spacial score (nSPS) is 11.6. The summed E-state index contributed by atoms with van der Waals surface area (Å²) >= 11 is 25.1. The second-order valence-corrected chi connectivity index (χ2v) is 12.4. The summed E-state index contributed by atoms with van der Waals surface area (Å²) in [6.45, 7) is 2.79. The monoisotopic (exact) mass is 710 g/mol. The Kier molecular flexibility index (Phi) is 11.3. The molecule has 8 nitrogen and oxygen atoms in total. The third-order valence-electron chi connectivity index (χ3n) is 7.26. The van der Waals surface area contributed by atoms with Crippen LogP contribution in [-0.4, -0.2) is 26.7 Å². The summed E-state index contributed by atoms with van der Waals surface area (Å²) in [7, 11) is 0. The number of aromatic carboxylic acids is 1. The molecular formula is C35H30Cl4N4O4. The Bertz CT molecular complexity index is 1880. The van der Waals surface area contributed by atoms with Crippen molar-refractivity contribution in [1.82, 2.24) is 14.9 Å². The van der Waals surface area contributed by atoms with Gasteiger partial charge in [-0.3, -0.25) is 0 Å². The molecule has 4 aromatic carbocycles. The van der Waals surface area contributed by atoms with Gasteiger partial charge in [-0.25, -0.2) is 14.6 Å². The molecule has 0 spiro atoms. The molecule has 0 radical (unpaired) electrons. The maximum atomic E-state index is 13.4. The summed E-state index contributed by atoms with van der Waals surface area (Å²) in [5.74, 6) is 0.718. The Morgan fingerprint density at radius 1 is 0.872 bits per heavy atom. The van der Waals surface area contributed by atoms with Gasteiger partial charge in [-0.05, 0) is 91.2 Å². The standard InChI is InChI=1S/C35H30Cl4N4O4/c1-2-3-16-43-20-32(27-14-8-23(36)18-28(27)38)40-33(43)31(42-35(46)41-30-15-9-24(37)19-29(30)39)17-21-4-10-25(11-5-21)47-26-12-6-22(7-13-26)34(44)45/h4-15,18-20,31H,2-3,16-17H2,1H3,(H,44,45)(H2,41,42,46)/t31-/m0/s1. The smallest absolute Gasteiger partial charge is 0.335 e. The molecule has 0 aliphatic carbocycles. The van der Waals surface area contributed by atoms with Gasteiger partial charge < -0.3 is 25.0 Å². The van der Waals surface area contributed by atoms with Crippen molar-refractivity contribution < 1.29 is 19.4 Å². The van der Waals surface area contributed by atoms with Crippen molar-refractivity contribution in [3.05, 3.63) is 128 Å². The molecule has 5 rings (SSSR count). The zero-order valence-electron chi connectivity index (χ0n) is 25.1. The number of urea groups is 1. The van der Waals surface area contributed by atoms with E-state index in [1.54, 1.807) is 42.5 Å². The maximum absolute atomic E-state index is 13.4. The Balaban J connectivity index is 1.44. The van der Waals surface area contributed by atoms with Gasteiger partial charge in [0, 0.05) is 28.4 Å². The van der Waals surface area contributed by atoms with Crippen LogP contribution in [0.3, 0.4) is 0 Å². The molecule has 2 amide bonds. The lowest BCUT2D eigenvalue weighted by Gasteiger charge is -2.21. The fourth-order valence-corrected chi connectivity index (χ4v) is 5.85. The van der Waals surface area contributed by atoms with E-state index >= 15 is 0 Å². The van der Waals surface area contributed by atoms with Gasteiger partial charge in [0.05, 0.1) is 33.0 Å². The molecule has 1 atom stereocenters. The van der Waals surface area contributed by atoms with E-state index in [-0.39, 0.29) is 5.56 Å². The number of carbonyl (C=O) groups is 2. The Morgan fingerprint density at radius 3 is 2.13 bits per heavy atom. The lowest BCUT2D eigenvalue weighted by molar-refractivity contribution is 0.0697. The fourth-order valence-electron chi connectivity index (χ4n) is 4.89. The van der Waals surface area contributed by atoms with Gasteiger partial charge in [-0.1, -0.05) is 71.9 Å². The van der Waals surface area contributed by atoms with Crippen LogP contribution in [0.4, 0.5) is 10.5 Å². The van der Waals surface area contributed by atoms with Gasteiger partial charge >= 0.3 is 12.0 Å². The summed E-state index contributed by atoms with van der Waals surface area (Å²) in [4.78, 5) is 29.5. The first-order valence-electron chi connectivity index (χ1n) is 14.7. The largest absolute Gasteiger partial charge is 0.478 e. The van der Waals surface area contributed by atoms with Crippen molar-refractivity contribution in [2.75, 3.05) is 5.32 Å². The van der Waals surface area contributed by atoms with Crippen LogP contribution in [0.1, 0.15) is 47.6 Å². The first-order valence-corrected chi connectivity index (χ1v) is 16.3. The van der Waals surface area contributed by atoms with E-state index in [1.165, 1.54) is 12.1 Å². The number of anilines is 1. The minimum atomic E-state index is -1.01. The van der Waals surface area contributed by atoms with Crippen LogP contribution >= 0.6 is 46.4 Å². The number of ether oxygens (including phenoxy) is 1. The van der Waals surface area contributed by atoms with E-state index < -0.39 is 18.0 Å². The Morgan fingerprint density at radius 2 is 1.51 bits per heavy atom. The number of nitrogens with one attached hydrogen (secondary N) is 2. The number of hydrogen-bond donors (Lipinski definition) is 3. The van der Waals surface area contributed by atoms with E-state index in [1.807, 2.05) is 41.1 Å². The number of amides is 2. The fraction of sp³-hybridized carbons (Fsp3) is 0.171. The number of carbonyl (C=O) groups excluding carboxylic acids is 1. The quantitative estimate of drug-likeness (QED) is 0.119. The van der Waals surface area contributed by atoms with Gasteiger partial charge in [-0.2, -0.15) is 0 Å². The molecule has 242 valence electrons. The predicted octanol–water partition coefficient (Wildman–Crippen LogP) is 10.6. The number of aryl methyl sites for hydroxylation is 1. The minimum Gasteiger partial charge on any atom is -0.478 e. The van der Waals surface area contributed by atoms with Crippen molar-refractivity contribution in [2.45, 2.75) is 38.8 Å².